The van der Waals surface area contributed by atoms with Crippen LogP contribution in [0.2, 0.25) is 5.02 Å². The fourth-order valence-corrected chi connectivity index (χ4v) is 2.61. The number of carbonyl (C=O) groups excluding carboxylic acids is 2. The molecule has 2 aromatic rings. The third kappa shape index (κ3) is 7.40. The smallest absolute Gasteiger partial charge is 0.349 e. The molecular weight excluding hydrogens is 410 g/mol. The largest absolute Gasteiger partial charge is 0.481 e. The summed E-state index contributed by atoms with van der Waals surface area (Å²) in [6.07, 6.45) is 0.366. The summed E-state index contributed by atoms with van der Waals surface area (Å²) < 4.78 is 10.6. The van der Waals surface area contributed by atoms with Crippen molar-refractivity contribution in [3.8, 4) is 5.75 Å². The van der Waals surface area contributed by atoms with Crippen LogP contribution in [-0.4, -0.2) is 41.7 Å². The number of carboxylic acids is 1. The van der Waals surface area contributed by atoms with Crippen molar-refractivity contribution in [3.05, 3.63) is 64.7 Å². The Morgan fingerprint density at radius 3 is 2.27 bits per heavy atom. The molecule has 0 saturated heterocycles. The highest BCUT2D eigenvalue weighted by molar-refractivity contribution is 6.30. The molecule has 1 amide bonds. The van der Waals surface area contributed by atoms with Gasteiger partial charge < -0.3 is 19.9 Å². The average molecular weight is 434 g/mol. The Morgan fingerprint density at radius 2 is 1.67 bits per heavy atom. The zero-order valence-corrected chi connectivity index (χ0v) is 17.6. The van der Waals surface area contributed by atoms with Crippen molar-refractivity contribution in [2.24, 2.45) is 0 Å². The summed E-state index contributed by atoms with van der Waals surface area (Å²) in [5.74, 6) is -1.38. The molecule has 0 spiro atoms. The van der Waals surface area contributed by atoms with Gasteiger partial charge in [0.1, 0.15) is 12.4 Å². The van der Waals surface area contributed by atoms with Crippen LogP contribution in [0.5, 0.6) is 5.75 Å². The highest BCUT2D eigenvalue weighted by atomic mass is 35.5. The normalized spacial score (nSPS) is 10.9. The molecule has 0 fully saturated rings. The van der Waals surface area contributed by atoms with Gasteiger partial charge in [-0.15, -0.1) is 0 Å². The van der Waals surface area contributed by atoms with Crippen LogP contribution in [0.25, 0.3) is 0 Å². The van der Waals surface area contributed by atoms with Gasteiger partial charge in [0.15, 0.2) is 5.60 Å². The topological polar surface area (TPSA) is 102 Å². The van der Waals surface area contributed by atoms with E-state index >= 15 is 0 Å². The molecule has 30 heavy (non-hydrogen) atoms. The third-order valence-corrected chi connectivity index (χ3v) is 4.39. The maximum absolute atomic E-state index is 12.1. The summed E-state index contributed by atoms with van der Waals surface area (Å²) in [6.45, 7) is 3.36. The van der Waals surface area contributed by atoms with Crippen LogP contribution in [0.3, 0.4) is 0 Å². The van der Waals surface area contributed by atoms with Crippen molar-refractivity contribution in [2.45, 2.75) is 32.3 Å². The lowest BCUT2D eigenvalue weighted by molar-refractivity contribution is -0.160. The summed E-state index contributed by atoms with van der Waals surface area (Å²) in [5.41, 5.74) is 0.272. The summed E-state index contributed by atoms with van der Waals surface area (Å²) in [5, 5.41) is 12.0. The molecule has 0 saturated carbocycles. The average Bonchev–Trinajstić information content (AvgIpc) is 2.69. The van der Waals surface area contributed by atoms with Crippen LogP contribution in [-0.2, 0) is 20.7 Å². The molecule has 0 aliphatic heterocycles. The Kier molecular flexibility index (Phi) is 8.24. The Balaban J connectivity index is 1.81. The second-order valence-electron chi connectivity index (χ2n) is 7.05. The zero-order valence-electron chi connectivity index (χ0n) is 16.8. The molecular formula is C22H24ClNO6. The van der Waals surface area contributed by atoms with E-state index in [2.05, 4.69) is 5.32 Å². The third-order valence-electron chi connectivity index (χ3n) is 4.14. The number of carbonyl (C=O) groups is 3. The molecule has 8 heteroatoms. The van der Waals surface area contributed by atoms with Gasteiger partial charge in [0.25, 0.3) is 5.91 Å². The van der Waals surface area contributed by atoms with Gasteiger partial charge in [-0.05, 0) is 62.2 Å². The SMILES string of the molecule is CC(C)(Oc1ccc(CCNC(=O)c2ccc(Cl)cc2)cc1)C(=O)OCCC(=O)O. The van der Waals surface area contributed by atoms with Crippen molar-refractivity contribution in [1.29, 1.82) is 0 Å². The maximum Gasteiger partial charge on any atom is 0.349 e. The summed E-state index contributed by atoms with van der Waals surface area (Å²) >= 11 is 5.82. The highest BCUT2D eigenvalue weighted by Crippen LogP contribution is 2.20. The summed E-state index contributed by atoms with van der Waals surface area (Å²) in [6, 6.07) is 13.8. The number of aliphatic carboxylic acids is 1. The Morgan fingerprint density at radius 1 is 1.03 bits per heavy atom. The fourth-order valence-electron chi connectivity index (χ4n) is 2.49. The molecule has 160 valence electrons. The van der Waals surface area contributed by atoms with Crippen molar-refractivity contribution >= 4 is 29.4 Å². The van der Waals surface area contributed by atoms with Gasteiger partial charge in [-0.1, -0.05) is 23.7 Å². The molecule has 0 atom stereocenters. The van der Waals surface area contributed by atoms with Gasteiger partial charge in [0, 0.05) is 17.1 Å². The summed E-state index contributed by atoms with van der Waals surface area (Å²) in [7, 11) is 0. The van der Waals surface area contributed by atoms with Crippen molar-refractivity contribution < 1.29 is 29.0 Å². The first kappa shape index (κ1) is 23.2. The highest BCUT2D eigenvalue weighted by Gasteiger charge is 2.32. The first-order chi connectivity index (χ1) is 14.2. The molecule has 0 unspecified atom stereocenters. The minimum atomic E-state index is -1.26. The van der Waals surface area contributed by atoms with Crippen LogP contribution in [0.1, 0.15) is 36.2 Å². The number of carboxylic acid groups (broad SMARTS) is 1. The lowest BCUT2D eigenvalue weighted by Gasteiger charge is -2.24. The standard InChI is InChI=1S/C22H24ClNO6/c1-22(2,21(28)29-14-12-19(25)26)30-18-9-3-15(4-10-18)11-13-24-20(27)16-5-7-17(23)8-6-16/h3-10H,11-14H2,1-2H3,(H,24,27)(H,25,26). The number of ether oxygens (including phenoxy) is 2. The minimum Gasteiger partial charge on any atom is -0.481 e. The van der Waals surface area contributed by atoms with E-state index in [1.165, 1.54) is 0 Å². The monoisotopic (exact) mass is 433 g/mol. The molecule has 0 bridgehead atoms. The van der Waals surface area contributed by atoms with Gasteiger partial charge in [0.05, 0.1) is 6.42 Å². The van der Waals surface area contributed by atoms with Crippen LogP contribution >= 0.6 is 11.6 Å². The van der Waals surface area contributed by atoms with Gasteiger partial charge in [-0.25, -0.2) is 4.79 Å². The van der Waals surface area contributed by atoms with Crippen molar-refractivity contribution in [2.75, 3.05) is 13.2 Å². The van der Waals surface area contributed by atoms with E-state index in [1.807, 2.05) is 12.1 Å². The number of nitrogens with one attached hydrogen (secondary N) is 1. The second-order valence-corrected chi connectivity index (χ2v) is 7.49. The van der Waals surface area contributed by atoms with Gasteiger partial charge >= 0.3 is 11.9 Å². The number of halogens is 1. The molecule has 2 N–H and O–H groups in total. The predicted octanol–water partition coefficient (Wildman–Crippen LogP) is 3.49. The summed E-state index contributed by atoms with van der Waals surface area (Å²) in [4.78, 5) is 34.7. The number of amides is 1. The van der Waals surface area contributed by atoms with E-state index in [0.29, 0.717) is 29.3 Å². The number of esters is 1. The molecule has 2 rings (SSSR count). The number of benzene rings is 2. The van der Waals surface area contributed by atoms with Crippen LogP contribution in [0.4, 0.5) is 0 Å². The van der Waals surface area contributed by atoms with E-state index in [0.717, 1.165) is 5.56 Å². The predicted molar refractivity (Wildman–Crippen MR) is 112 cm³/mol. The lowest BCUT2D eigenvalue weighted by Crippen LogP contribution is -2.40. The first-order valence-corrected chi connectivity index (χ1v) is 9.76. The molecule has 0 aliphatic carbocycles. The molecule has 0 radical (unpaired) electrons. The quantitative estimate of drug-likeness (QED) is 0.556. The van der Waals surface area contributed by atoms with Crippen molar-refractivity contribution in [3.63, 3.8) is 0 Å². The molecule has 7 nitrogen and oxygen atoms in total. The van der Waals surface area contributed by atoms with E-state index in [-0.39, 0.29) is 18.9 Å². The molecule has 0 heterocycles. The number of hydrogen-bond acceptors (Lipinski definition) is 5. The number of hydrogen-bond donors (Lipinski definition) is 2. The van der Waals surface area contributed by atoms with Gasteiger partial charge in [-0.3, -0.25) is 9.59 Å². The second kappa shape index (κ2) is 10.6. The Labute approximate surface area is 179 Å². The Hall–Kier alpha value is -3.06. The first-order valence-electron chi connectivity index (χ1n) is 9.38. The van der Waals surface area contributed by atoms with E-state index < -0.39 is 17.5 Å². The fraction of sp³-hybridized carbons (Fsp3) is 0.318. The Bertz CT molecular complexity index is 878. The van der Waals surface area contributed by atoms with Gasteiger partial charge in [-0.2, -0.15) is 0 Å². The maximum atomic E-state index is 12.1. The molecule has 2 aromatic carbocycles. The minimum absolute atomic E-state index is 0.171. The molecule has 0 aliphatic rings. The number of rotatable bonds is 10. The van der Waals surface area contributed by atoms with E-state index in [9.17, 15) is 14.4 Å². The van der Waals surface area contributed by atoms with Crippen LogP contribution < -0.4 is 10.1 Å². The van der Waals surface area contributed by atoms with E-state index in [4.69, 9.17) is 26.2 Å². The zero-order chi connectivity index (χ0) is 22.1. The van der Waals surface area contributed by atoms with Crippen LogP contribution in [0, 0.1) is 0 Å². The van der Waals surface area contributed by atoms with Crippen LogP contribution in [0.15, 0.2) is 48.5 Å². The molecule has 0 aromatic heterocycles. The van der Waals surface area contributed by atoms with E-state index in [1.54, 1.807) is 50.2 Å². The van der Waals surface area contributed by atoms with Gasteiger partial charge in [0.2, 0.25) is 0 Å². The lowest BCUT2D eigenvalue weighted by atomic mass is 10.1. The van der Waals surface area contributed by atoms with Crippen molar-refractivity contribution in [1.82, 2.24) is 5.32 Å².